The Morgan fingerprint density at radius 3 is 2.70 bits per heavy atom. The van der Waals surface area contributed by atoms with Crippen molar-refractivity contribution >= 4 is 6.09 Å². The molecule has 5 heteroatoms. The van der Waals surface area contributed by atoms with E-state index in [0.717, 1.165) is 25.3 Å². The van der Waals surface area contributed by atoms with Gasteiger partial charge in [0.15, 0.2) is 0 Å². The number of carbonyl (C=O) groups is 1. The highest BCUT2D eigenvalue weighted by Gasteiger charge is 2.29. The van der Waals surface area contributed by atoms with Crippen molar-refractivity contribution < 1.29 is 14.3 Å². The van der Waals surface area contributed by atoms with Crippen molar-refractivity contribution in [3.8, 4) is 5.75 Å². The summed E-state index contributed by atoms with van der Waals surface area (Å²) in [4.78, 5) is 14.3. The maximum absolute atomic E-state index is 12.0. The van der Waals surface area contributed by atoms with Gasteiger partial charge >= 0.3 is 6.09 Å². The van der Waals surface area contributed by atoms with Crippen LogP contribution in [0.5, 0.6) is 5.75 Å². The zero-order valence-corrected chi connectivity index (χ0v) is 14.8. The van der Waals surface area contributed by atoms with Gasteiger partial charge in [-0.25, -0.2) is 4.79 Å². The SMILES string of the molecule is COc1cccc(C2CC(NC(=O)OC(C)(C)C)CN(C)C2)c1. The van der Waals surface area contributed by atoms with Gasteiger partial charge in [-0.15, -0.1) is 0 Å². The van der Waals surface area contributed by atoms with Crippen molar-refractivity contribution in [1.82, 2.24) is 10.2 Å². The highest BCUT2D eigenvalue weighted by molar-refractivity contribution is 5.68. The molecular formula is C18H28N2O3. The number of rotatable bonds is 3. The Morgan fingerprint density at radius 2 is 2.04 bits per heavy atom. The predicted octanol–water partition coefficient (Wildman–Crippen LogP) is 3.01. The van der Waals surface area contributed by atoms with Crippen LogP contribution in [0.4, 0.5) is 4.79 Å². The number of ether oxygens (including phenoxy) is 2. The minimum Gasteiger partial charge on any atom is -0.497 e. The molecule has 23 heavy (non-hydrogen) atoms. The second kappa shape index (κ2) is 7.21. The average molecular weight is 320 g/mol. The third-order valence-corrected chi connectivity index (χ3v) is 3.92. The fourth-order valence-electron chi connectivity index (χ4n) is 3.04. The van der Waals surface area contributed by atoms with Gasteiger partial charge in [-0.3, -0.25) is 0 Å². The average Bonchev–Trinajstić information content (AvgIpc) is 2.44. The van der Waals surface area contributed by atoms with E-state index in [0.29, 0.717) is 5.92 Å². The summed E-state index contributed by atoms with van der Waals surface area (Å²) in [6, 6.07) is 8.25. The highest BCUT2D eigenvalue weighted by Crippen LogP contribution is 2.28. The summed E-state index contributed by atoms with van der Waals surface area (Å²) >= 11 is 0. The van der Waals surface area contributed by atoms with Crippen LogP contribution in [0.2, 0.25) is 0 Å². The normalized spacial score (nSPS) is 22.5. The van der Waals surface area contributed by atoms with E-state index >= 15 is 0 Å². The Hall–Kier alpha value is -1.75. The van der Waals surface area contributed by atoms with Gasteiger partial charge in [-0.1, -0.05) is 12.1 Å². The van der Waals surface area contributed by atoms with E-state index in [4.69, 9.17) is 9.47 Å². The number of methoxy groups -OCH3 is 1. The molecule has 0 aliphatic carbocycles. The van der Waals surface area contributed by atoms with Crippen molar-refractivity contribution in [2.75, 3.05) is 27.2 Å². The first-order valence-corrected chi connectivity index (χ1v) is 8.09. The number of amides is 1. The third kappa shape index (κ3) is 5.43. The summed E-state index contributed by atoms with van der Waals surface area (Å²) < 4.78 is 10.7. The van der Waals surface area contributed by atoms with Crippen molar-refractivity contribution in [3.63, 3.8) is 0 Å². The number of nitrogens with zero attached hydrogens (tertiary/aromatic N) is 1. The molecule has 1 N–H and O–H groups in total. The Balaban J connectivity index is 2.02. The first-order valence-electron chi connectivity index (χ1n) is 8.09. The molecule has 1 heterocycles. The molecule has 1 aromatic carbocycles. The van der Waals surface area contributed by atoms with E-state index in [1.165, 1.54) is 5.56 Å². The van der Waals surface area contributed by atoms with Crippen molar-refractivity contribution in [2.45, 2.75) is 44.8 Å². The van der Waals surface area contributed by atoms with E-state index in [1.54, 1.807) is 7.11 Å². The maximum atomic E-state index is 12.0. The maximum Gasteiger partial charge on any atom is 0.407 e. The summed E-state index contributed by atoms with van der Waals surface area (Å²) in [5, 5.41) is 3.00. The lowest BCUT2D eigenvalue weighted by Crippen LogP contribution is -2.49. The number of hydrogen-bond acceptors (Lipinski definition) is 4. The number of hydrogen-bond donors (Lipinski definition) is 1. The van der Waals surface area contributed by atoms with Gasteiger partial charge in [0, 0.05) is 19.1 Å². The number of likely N-dealkylation sites (tertiary alicyclic amines) is 1. The van der Waals surface area contributed by atoms with Crippen LogP contribution < -0.4 is 10.1 Å². The fraction of sp³-hybridized carbons (Fsp3) is 0.611. The predicted molar refractivity (Wildman–Crippen MR) is 91.0 cm³/mol. The first kappa shape index (κ1) is 17.6. The first-order chi connectivity index (χ1) is 10.8. The summed E-state index contributed by atoms with van der Waals surface area (Å²) in [6.45, 7) is 7.43. The van der Waals surface area contributed by atoms with Gasteiger partial charge in [-0.05, 0) is 57.9 Å². The molecule has 2 unspecified atom stereocenters. The van der Waals surface area contributed by atoms with E-state index in [1.807, 2.05) is 32.9 Å². The molecule has 0 aromatic heterocycles. The van der Waals surface area contributed by atoms with Crippen LogP contribution in [0, 0.1) is 0 Å². The van der Waals surface area contributed by atoms with Crippen molar-refractivity contribution in [2.24, 2.45) is 0 Å². The molecule has 2 atom stereocenters. The number of nitrogens with one attached hydrogen (secondary N) is 1. The minimum absolute atomic E-state index is 0.0831. The van der Waals surface area contributed by atoms with E-state index in [-0.39, 0.29) is 12.1 Å². The fourth-order valence-corrected chi connectivity index (χ4v) is 3.04. The molecule has 2 rings (SSSR count). The summed E-state index contributed by atoms with van der Waals surface area (Å²) in [7, 11) is 3.76. The minimum atomic E-state index is -0.475. The Kier molecular flexibility index (Phi) is 5.52. The molecule has 0 spiro atoms. The summed E-state index contributed by atoms with van der Waals surface area (Å²) in [5.41, 5.74) is 0.767. The molecule has 0 bridgehead atoms. The van der Waals surface area contributed by atoms with E-state index < -0.39 is 5.60 Å². The van der Waals surface area contributed by atoms with Crippen LogP contribution in [-0.4, -0.2) is 49.9 Å². The zero-order chi connectivity index (χ0) is 17.0. The number of likely N-dealkylation sites (N-methyl/N-ethyl adjacent to an activating group) is 1. The lowest BCUT2D eigenvalue weighted by molar-refractivity contribution is 0.0473. The quantitative estimate of drug-likeness (QED) is 0.930. The van der Waals surface area contributed by atoms with Crippen LogP contribution in [0.3, 0.4) is 0 Å². The third-order valence-electron chi connectivity index (χ3n) is 3.92. The zero-order valence-electron chi connectivity index (χ0n) is 14.8. The number of benzene rings is 1. The Morgan fingerprint density at radius 1 is 1.30 bits per heavy atom. The smallest absolute Gasteiger partial charge is 0.407 e. The van der Waals surface area contributed by atoms with Crippen LogP contribution in [0.1, 0.15) is 38.7 Å². The van der Waals surface area contributed by atoms with Gasteiger partial charge < -0.3 is 19.7 Å². The van der Waals surface area contributed by atoms with Gasteiger partial charge in [0.05, 0.1) is 7.11 Å². The second-order valence-corrected chi connectivity index (χ2v) is 7.27. The van der Waals surface area contributed by atoms with Crippen LogP contribution in [0.25, 0.3) is 0 Å². The lowest BCUT2D eigenvalue weighted by Gasteiger charge is -2.36. The molecular weight excluding hydrogens is 292 g/mol. The van der Waals surface area contributed by atoms with Crippen molar-refractivity contribution in [1.29, 1.82) is 0 Å². The molecule has 1 aliphatic heterocycles. The number of piperidine rings is 1. The summed E-state index contributed by atoms with van der Waals surface area (Å²) in [6.07, 6.45) is 0.554. The van der Waals surface area contributed by atoms with Crippen LogP contribution in [-0.2, 0) is 4.74 Å². The standard InChI is InChI=1S/C18H28N2O3/c1-18(2,3)23-17(21)19-15-9-14(11-20(4)12-15)13-7-6-8-16(10-13)22-5/h6-8,10,14-15H,9,11-12H2,1-5H3,(H,19,21). The molecule has 0 saturated carbocycles. The molecule has 1 saturated heterocycles. The van der Waals surface area contributed by atoms with Gasteiger partial charge in [0.1, 0.15) is 11.4 Å². The molecule has 1 fully saturated rings. The van der Waals surface area contributed by atoms with Crippen LogP contribution >= 0.6 is 0 Å². The molecule has 1 aromatic rings. The van der Waals surface area contributed by atoms with Gasteiger partial charge in [0.25, 0.3) is 0 Å². The van der Waals surface area contributed by atoms with Crippen LogP contribution in [0.15, 0.2) is 24.3 Å². The molecule has 128 valence electrons. The molecule has 1 aliphatic rings. The number of alkyl carbamates (subject to hydrolysis) is 1. The Labute approximate surface area is 139 Å². The second-order valence-electron chi connectivity index (χ2n) is 7.27. The number of carbonyl (C=O) groups excluding carboxylic acids is 1. The molecule has 1 amide bonds. The van der Waals surface area contributed by atoms with Gasteiger partial charge in [0.2, 0.25) is 0 Å². The molecule has 5 nitrogen and oxygen atoms in total. The molecule has 0 radical (unpaired) electrons. The monoisotopic (exact) mass is 320 g/mol. The lowest BCUT2D eigenvalue weighted by atomic mass is 9.88. The topological polar surface area (TPSA) is 50.8 Å². The van der Waals surface area contributed by atoms with Crippen molar-refractivity contribution in [3.05, 3.63) is 29.8 Å². The Bertz CT molecular complexity index is 539. The highest BCUT2D eigenvalue weighted by atomic mass is 16.6. The summed E-state index contributed by atoms with van der Waals surface area (Å²) in [5.74, 6) is 1.23. The van der Waals surface area contributed by atoms with E-state index in [9.17, 15) is 4.79 Å². The van der Waals surface area contributed by atoms with E-state index in [2.05, 4.69) is 29.4 Å². The van der Waals surface area contributed by atoms with Gasteiger partial charge in [-0.2, -0.15) is 0 Å². The largest absolute Gasteiger partial charge is 0.497 e.